The van der Waals surface area contributed by atoms with Gasteiger partial charge in [-0.25, -0.2) is 0 Å². The minimum Gasteiger partial charge on any atom is -0.493 e. The molecule has 2 rings (SSSR count). The molecule has 0 spiro atoms. The van der Waals surface area contributed by atoms with Gasteiger partial charge in [0.2, 0.25) is 0 Å². The van der Waals surface area contributed by atoms with Gasteiger partial charge in [0.05, 0.1) is 13.0 Å². The van der Waals surface area contributed by atoms with E-state index >= 15 is 0 Å². The van der Waals surface area contributed by atoms with Crippen molar-refractivity contribution in [3.63, 3.8) is 0 Å². The summed E-state index contributed by atoms with van der Waals surface area (Å²) >= 11 is 0. The monoisotopic (exact) mass is 221 g/mol. The maximum Gasteiger partial charge on any atom is 0.306 e. The summed E-state index contributed by atoms with van der Waals surface area (Å²) in [6, 6.07) is 6.01. The van der Waals surface area contributed by atoms with Gasteiger partial charge in [-0.3, -0.25) is 4.79 Å². The molecule has 0 fully saturated rings. The molecule has 0 saturated heterocycles. The molecular formula is C12H15NO3. The summed E-state index contributed by atoms with van der Waals surface area (Å²) in [7, 11) is 0. The van der Waals surface area contributed by atoms with Crippen molar-refractivity contribution in [2.45, 2.75) is 25.3 Å². The van der Waals surface area contributed by atoms with Crippen LogP contribution >= 0.6 is 0 Å². The Bertz CT molecular complexity index is 403. The van der Waals surface area contributed by atoms with Crippen LogP contribution in [0.4, 0.5) is 0 Å². The summed E-state index contributed by atoms with van der Waals surface area (Å²) < 4.78 is 5.47. The van der Waals surface area contributed by atoms with Crippen LogP contribution in [0.1, 0.15) is 17.5 Å². The molecule has 0 radical (unpaired) electrons. The zero-order valence-corrected chi connectivity index (χ0v) is 8.98. The van der Waals surface area contributed by atoms with E-state index in [-0.39, 0.29) is 19.1 Å². The molecule has 4 nitrogen and oxygen atoms in total. The summed E-state index contributed by atoms with van der Waals surface area (Å²) in [5.74, 6) is -0.0593. The summed E-state index contributed by atoms with van der Waals surface area (Å²) in [5.41, 5.74) is 8.24. The van der Waals surface area contributed by atoms with E-state index in [0.717, 1.165) is 24.2 Å². The third-order valence-electron chi connectivity index (χ3n) is 2.75. The number of carboxylic acids is 1. The minimum atomic E-state index is -0.843. The number of benzene rings is 1. The van der Waals surface area contributed by atoms with Gasteiger partial charge >= 0.3 is 5.97 Å². The molecule has 0 bridgehead atoms. The first-order valence-electron chi connectivity index (χ1n) is 5.38. The van der Waals surface area contributed by atoms with Crippen molar-refractivity contribution < 1.29 is 14.6 Å². The maximum atomic E-state index is 10.4. The molecular weight excluding hydrogens is 206 g/mol. The van der Waals surface area contributed by atoms with E-state index in [1.54, 1.807) is 0 Å². The summed E-state index contributed by atoms with van der Waals surface area (Å²) in [6.45, 7) is 0.209. The first-order chi connectivity index (χ1) is 7.66. The summed E-state index contributed by atoms with van der Waals surface area (Å²) in [5, 5.41) is 8.53. The first-order valence-corrected chi connectivity index (χ1v) is 5.38. The molecule has 0 heterocycles. The second kappa shape index (κ2) is 4.53. The molecule has 0 aromatic heterocycles. The number of aliphatic carboxylic acids is 1. The van der Waals surface area contributed by atoms with Crippen LogP contribution in [0.5, 0.6) is 5.75 Å². The van der Waals surface area contributed by atoms with Gasteiger partial charge in [0.1, 0.15) is 5.75 Å². The van der Waals surface area contributed by atoms with Crippen molar-refractivity contribution in [3.8, 4) is 5.75 Å². The van der Waals surface area contributed by atoms with Crippen LogP contribution < -0.4 is 10.5 Å². The number of hydrogen-bond donors (Lipinski definition) is 2. The fourth-order valence-corrected chi connectivity index (χ4v) is 2.03. The number of rotatable bonds is 4. The zero-order chi connectivity index (χ0) is 11.5. The molecule has 86 valence electrons. The SMILES string of the molecule is NC1Cc2cccc(OCCC(=O)O)c2C1. The van der Waals surface area contributed by atoms with Gasteiger partial charge in [0, 0.05) is 6.04 Å². The smallest absolute Gasteiger partial charge is 0.306 e. The molecule has 0 amide bonds. The highest BCUT2D eigenvalue weighted by Crippen LogP contribution is 2.29. The Kier molecular flexibility index (Phi) is 3.10. The largest absolute Gasteiger partial charge is 0.493 e. The van der Waals surface area contributed by atoms with Crippen molar-refractivity contribution in [3.05, 3.63) is 29.3 Å². The Morgan fingerprint density at radius 2 is 2.31 bits per heavy atom. The van der Waals surface area contributed by atoms with E-state index in [4.69, 9.17) is 15.6 Å². The Hall–Kier alpha value is -1.55. The molecule has 0 saturated carbocycles. The number of carbonyl (C=O) groups is 1. The number of carboxylic acid groups (broad SMARTS) is 1. The fourth-order valence-electron chi connectivity index (χ4n) is 2.03. The van der Waals surface area contributed by atoms with E-state index in [9.17, 15) is 4.79 Å². The average molecular weight is 221 g/mol. The highest BCUT2D eigenvalue weighted by molar-refractivity contribution is 5.66. The summed E-state index contributed by atoms with van der Waals surface area (Å²) in [4.78, 5) is 10.4. The normalized spacial score (nSPS) is 18.2. The van der Waals surface area contributed by atoms with Gasteiger partial charge in [0.15, 0.2) is 0 Å². The van der Waals surface area contributed by atoms with Gasteiger partial charge in [-0.2, -0.15) is 0 Å². The predicted molar refractivity (Wildman–Crippen MR) is 59.6 cm³/mol. The third-order valence-corrected chi connectivity index (χ3v) is 2.75. The van der Waals surface area contributed by atoms with Crippen molar-refractivity contribution >= 4 is 5.97 Å². The van der Waals surface area contributed by atoms with E-state index in [1.807, 2.05) is 18.2 Å². The van der Waals surface area contributed by atoms with E-state index < -0.39 is 5.97 Å². The van der Waals surface area contributed by atoms with Gasteiger partial charge in [-0.15, -0.1) is 0 Å². The lowest BCUT2D eigenvalue weighted by molar-refractivity contribution is -0.137. The molecule has 1 aromatic carbocycles. The van der Waals surface area contributed by atoms with Crippen LogP contribution in [-0.4, -0.2) is 23.7 Å². The molecule has 1 unspecified atom stereocenters. The van der Waals surface area contributed by atoms with Gasteiger partial charge in [-0.1, -0.05) is 12.1 Å². The number of nitrogens with two attached hydrogens (primary N) is 1. The van der Waals surface area contributed by atoms with Crippen LogP contribution in [-0.2, 0) is 17.6 Å². The molecule has 1 aromatic rings. The number of hydrogen-bond acceptors (Lipinski definition) is 3. The van der Waals surface area contributed by atoms with Crippen LogP contribution in [0.3, 0.4) is 0 Å². The molecule has 4 heteroatoms. The topological polar surface area (TPSA) is 72.5 Å². The third kappa shape index (κ3) is 2.33. The zero-order valence-electron chi connectivity index (χ0n) is 8.98. The molecule has 3 N–H and O–H groups in total. The Balaban J connectivity index is 2.05. The minimum absolute atomic E-state index is 0.0235. The highest BCUT2D eigenvalue weighted by atomic mass is 16.5. The highest BCUT2D eigenvalue weighted by Gasteiger charge is 2.21. The van der Waals surface area contributed by atoms with Crippen LogP contribution in [0.25, 0.3) is 0 Å². The lowest BCUT2D eigenvalue weighted by Gasteiger charge is -2.09. The quantitative estimate of drug-likeness (QED) is 0.794. The first kappa shape index (κ1) is 11.0. The lowest BCUT2D eigenvalue weighted by Crippen LogP contribution is -2.19. The predicted octanol–water partition coefficient (Wildman–Crippen LogP) is 0.966. The molecule has 1 atom stereocenters. The molecule has 0 aliphatic heterocycles. The van der Waals surface area contributed by atoms with Crippen molar-refractivity contribution in [1.82, 2.24) is 0 Å². The second-order valence-electron chi connectivity index (χ2n) is 4.05. The summed E-state index contributed by atoms with van der Waals surface area (Å²) in [6.07, 6.45) is 1.72. The van der Waals surface area contributed by atoms with Crippen molar-refractivity contribution in [2.75, 3.05) is 6.61 Å². The van der Waals surface area contributed by atoms with Gasteiger partial charge in [-0.05, 0) is 30.0 Å². The molecule has 16 heavy (non-hydrogen) atoms. The van der Waals surface area contributed by atoms with Crippen molar-refractivity contribution in [1.29, 1.82) is 0 Å². The van der Waals surface area contributed by atoms with Gasteiger partial charge in [0.25, 0.3) is 0 Å². The Labute approximate surface area is 94.0 Å². The van der Waals surface area contributed by atoms with Crippen LogP contribution in [0.15, 0.2) is 18.2 Å². The molecule has 1 aliphatic carbocycles. The average Bonchev–Trinajstić information content (AvgIpc) is 2.58. The van der Waals surface area contributed by atoms with E-state index in [1.165, 1.54) is 5.56 Å². The lowest BCUT2D eigenvalue weighted by atomic mass is 10.1. The maximum absolute atomic E-state index is 10.4. The number of ether oxygens (including phenoxy) is 1. The van der Waals surface area contributed by atoms with Crippen LogP contribution in [0, 0.1) is 0 Å². The Morgan fingerprint density at radius 3 is 3.06 bits per heavy atom. The fraction of sp³-hybridized carbons (Fsp3) is 0.417. The Morgan fingerprint density at radius 1 is 1.50 bits per heavy atom. The van der Waals surface area contributed by atoms with Crippen molar-refractivity contribution in [2.24, 2.45) is 5.73 Å². The van der Waals surface area contributed by atoms with E-state index in [0.29, 0.717) is 0 Å². The standard InChI is InChI=1S/C12H15NO3/c13-9-6-8-2-1-3-11(10(8)7-9)16-5-4-12(14)15/h1-3,9H,4-7,13H2,(H,14,15). The second-order valence-corrected chi connectivity index (χ2v) is 4.05. The van der Waals surface area contributed by atoms with Crippen LogP contribution in [0.2, 0.25) is 0 Å². The number of fused-ring (bicyclic) bond motifs is 1. The van der Waals surface area contributed by atoms with E-state index in [2.05, 4.69) is 0 Å². The van der Waals surface area contributed by atoms with Gasteiger partial charge < -0.3 is 15.6 Å². The molecule has 1 aliphatic rings.